The lowest BCUT2D eigenvalue weighted by Gasteiger charge is -2.13. The first-order chi connectivity index (χ1) is 13.0. The topological polar surface area (TPSA) is 84.5 Å². The highest BCUT2D eigenvalue weighted by atomic mass is 32.2. The van der Waals surface area contributed by atoms with Gasteiger partial charge in [-0.1, -0.05) is 18.2 Å². The number of benzene rings is 2. The van der Waals surface area contributed by atoms with E-state index in [0.717, 1.165) is 10.6 Å². The highest BCUT2D eigenvalue weighted by Gasteiger charge is 2.11. The van der Waals surface area contributed by atoms with Crippen molar-refractivity contribution < 1.29 is 19.1 Å². The Morgan fingerprint density at radius 3 is 2.44 bits per heavy atom. The molecule has 0 saturated heterocycles. The molecular weight excluding hydrogens is 364 g/mol. The number of rotatable bonds is 9. The lowest BCUT2D eigenvalue weighted by atomic mass is 10.1. The van der Waals surface area contributed by atoms with Crippen LogP contribution >= 0.6 is 11.8 Å². The van der Waals surface area contributed by atoms with Crippen molar-refractivity contribution in [3.63, 3.8) is 0 Å². The van der Waals surface area contributed by atoms with Gasteiger partial charge >= 0.3 is 0 Å². The quantitative estimate of drug-likeness (QED) is 0.393. The summed E-state index contributed by atoms with van der Waals surface area (Å²) in [6.45, 7) is 3.12. The van der Waals surface area contributed by atoms with Crippen LogP contribution < -0.4 is 15.4 Å². The maximum Gasteiger partial charge on any atom is 0.257 e. The Bertz CT molecular complexity index is 809. The summed E-state index contributed by atoms with van der Waals surface area (Å²) < 4.78 is 5.52. The van der Waals surface area contributed by atoms with Gasteiger partial charge in [0.05, 0.1) is 5.69 Å². The molecule has 0 atom stereocenters. The predicted molar refractivity (Wildman–Crippen MR) is 106 cm³/mol. The summed E-state index contributed by atoms with van der Waals surface area (Å²) in [5.41, 5.74) is 0.860. The minimum atomic E-state index is -0.273. The number of thioether (sulfide) groups is 1. The summed E-state index contributed by atoms with van der Waals surface area (Å²) in [5.74, 6) is 0.360. The van der Waals surface area contributed by atoms with Crippen molar-refractivity contribution in [1.29, 1.82) is 0 Å². The average molecular weight is 386 g/mol. The average Bonchev–Trinajstić information content (AvgIpc) is 2.64. The van der Waals surface area contributed by atoms with E-state index in [2.05, 4.69) is 10.6 Å². The molecule has 142 valence electrons. The Hall–Kier alpha value is -2.80. The second-order valence-electron chi connectivity index (χ2n) is 5.75. The van der Waals surface area contributed by atoms with Gasteiger partial charge in [-0.05, 0) is 37.3 Å². The molecule has 0 saturated carbocycles. The summed E-state index contributed by atoms with van der Waals surface area (Å²) in [6.07, 6.45) is 0. The van der Waals surface area contributed by atoms with Gasteiger partial charge in [0, 0.05) is 29.7 Å². The van der Waals surface area contributed by atoms with Gasteiger partial charge in [-0.2, -0.15) is 0 Å². The van der Waals surface area contributed by atoms with Gasteiger partial charge < -0.3 is 15.4 Å². The summed E-state index contributed by atoms with van der Waals surface area (Å²) in [6, 6.07) is 14.6. The van der Waals surface area contributed by atoms with Gasteiger partial charge in [-0.25, -0.2) is 0 Å². The summed E-state index contributed by atoms with van der Waals surface area (Å²) in [4.78, 5) is 36.0. The first-order valence-corrected chi connectivity index (χ1v) is 9.44. The minimum Gasteiger partial charge on any atom is -0.482 e. The van der Waals surface area contributed by atoms with E-state index in [0.29, 0.717) is 17.8 Å². The van der Waals surface area contributed by atoms with Crippen molar-refractivity contribution in [2.45, 2.75) is 18.7 Å². The molecule has 2 N–H and O–H groups in total. The van der Waals surface area contributed by atoms with E-state index in [1.54, 1.807) is 23.9 Å². The third kappa shape index (κ3) is 7.15. The van der Waals surface area contributed by atoms with Crippen LogP contribution in [0.4, 0.5) is 5.69 Å². The van der Waals surface area contributed by atoms with Gasteiger partial charge in [-0.15, -0.1) is 11.8 Å². The van der Waals surface area contributed by atoms with Crippen molar-refractivity contribution >= 4 is 35.0 Å². The Morgan fingerprint density at radius 2 is 1.78 bits per heavy atom. The van der Waals surface area contributed by atoms with Crippen molar-refractivity contribution in [2.24, 2.45) is 0 Å². The maximum atomic E-state index is 12.0. The van der Waals surface area contributed by atoms with Crippen LogP contribution in [0.3, 0.4) is 0 Å². The molecule has 2 amide bonds. The lowest BCUT2D eigenvalue weighted by Crippen LogP contribution is -2.30. The fraction of sp³-hybridized carbons (Fsp3) is 0.250. The van der Waals surface area contributed by atoms with E-state index in [1.165, 1.54) is 19.9 Å². The molecule has 2 rings (SSSR count). The van der Waals surface area contributed by atoms with Crippen molar-refractivity contribution in [3.05, 3.63) is 54.1 Å². The molecule has 0 aliphatic rings. The third-order valence-corrected chi connectivity index (χ3v) is 4.51. The number of hydrogen-bond donors (Lipinski definition) is 2. The van der Waals surface area contributed by atoms with E-state index in [4.69, 9.17) is 4.74 Å². The van der Waals surface area contributed by atoms with Crippen LogP contribution in [0, 0.1) is 0 Å². The third-order valence-electron chi connectivity index (χ3n) is 3.49. The van der Waals surface area contributed by atoms with Crippen molar-refractivity contribution in [2.75, 3.05) is 24.2 Å². The maximum absolute atomic E-state index is 12.0. The van der Waals surface area contributed by atoms with Gasteiger partial charge in [0.2, 0.25) is 5.91 Å². The lowest BCUT2D eigenvalue weighted by molar-refractivity contribution is -0.122. The number of carbonyl (C=O) groups is 3. The van der Waals surface area contributed by atoms with E-state index >= 15 is 0 Å². The van der Waals surface area contributed by atoms with Crippen molar-refractivity contribution in [1.82, 2.24) is 5.32 Å². The number of nitrogens with one attached hydrogen (secondary N) is 2. The summed E-state index contributed by atoms with van der Waals surface area (Å²) in [7, 11) is 0. The molecule has 27 heavy (non-hydrogen) atoms. The Balaban J connectivity index is 1.84. The number of Topliss-reactive ketones (excluding diaryl/α,β-unsaturated/α-hetero) is 1. The zero-order valence-corrected chi connectivity index (χ0v) is 16.1. The van der Waals surface area contributed by atoms with E-state index in [1.807, 2.05) is 30.3 Å². The minimum absolute atomic E-state index is 0.128. The van der Waals surface area contributed by atoms with Gasteiger partial charge in [0.15, 0.2) is 12.4 Å². The number of ether oxygens (including phenoxy) is 1. The Kier molecular flexibility index (Phi) is 7.88. The molecule has 0 spiro atoms. The highest BCUT2D eigenvalue weighted by molar-refractivity contribution is 7.99. The number of hydrogen-bond acceptors (Lipinski definition) is 5. The molecule has 2 aromatic carbocycles. The highest BCUT2D eigenvalue weighted by Crippen LogP contribution is 2.26. The van der Waals surface area contributed by atoms with Gasteiger partial charge in [0.1, 0.15) is 5.75 Å². The predicted octanol–water partition coefficient (Wildman–Crippen LogP) is 3.13. The molecule has 0 bridgehead atoms. The van der Waals surface area contributed by atoms with E-state index < -0.39 is 0 Å². The summed E-state index contributed by atoms with van der Waals surface area (Å²) in [5, 5.41) is 5.41. The molecule has 0 aliphatic carbocycles. The second-order valence-corrected chi connectivity index (χ2v) is 6.92. The number of ketones is 1. The number of carbonyl (C=O) groups excluding carboxylic acids is 3. The van der Waals surface area contributed by atoms with Crippen LogP contribution in [0.25, 0.3) is 0 Å². The second kappa shape index (κ2) is 10.4. The molecule has 0 aliphatic heterocycles. The smallest absolute Gasteiger partial charge is 0.257 e. The van der Waals surface area contributed by atoms with Crippen LogP contribution in [0.15, 0.2) is 53.4 Å². The molecule has 7 heteroatoms. The Morgan fingerprint density at radius 1 is 1.04 bits per heavy atom. The van der Waals surface area contributed by atoms with Crippen LogP contribution in [-0.4, -0.2) is 36.5 Å². The van der Waals surface area contributed by atoms with Crippen LogP contribution in [0.5, 0.6) is 5.75 Å². The van der Waals surface area contributed by atoms with Crippen LogP contribution in [0.2, 0.25) is 0 Å². The van der Waals surface area contributed by atoms with Crippen LogP contribution in [-0.2, 0) is 9.59 Å². The number of anilines is 1. The molecule has 6 nitrogen and oxygen atoms in total. The van der Waals surface area contributed by atoms with E-state index in [-0.39, 0.29) is 30.0 Å². The zero-order chi connectivity index (χ0) is 19.6. The van der Waals surface area contributed by atoms with Crippen LogP contribution in [0.1, 0.15) is 24.2 Å². The fourth-order valence-electron chi connectivity index (χ4n) is 2.22. The standard InChI is InChI=1S/C20H22N2O4S/c1-14(23)16-8-9-18(22-15(2)24)19(12-16)26-13-20(25)21-10-11-27-17-6-4-3-5-7-17/h3-9,12H,10-11,13H2,1-2H3,(H,21,25)(H,22,24). The summed E-state index contributed by atoms with van der Waals surface area (Å²) >= 11 is 1.65. The first-order valence-electron chi connectivity index (χ1n) is 8.45. The monoisotopic (exact) mass is 386 g/mol. The normalized spacial score (nSPS) is 10.1. The first kappa shape index (κ1) is 20.5. The van der Waals surface area contributed by atoms with Gasteiger partial charge in [0.25, 0.3) is 5.91 Å². The van der Waals surface area contributed by atoms with Crippen molar-refractivity contribution in [3.8, 4) is 5.75 Å². The molecule has 0 aromatic heterocycles. The molecule has 0 heterocycles. The largest absolute Gasteiger partial charge is 0.482 e. The molecule has 0 fully saturated rings. The Labute approximate surface area is 162 Å². The molecular formula is C20H22N2O4S. The van der Waals surface area contributed by atoms with E-state index in [9.17, 15) is 14.4 Å². The molecule has 0 radical (unpaired) electrons. The SMILES string of the molecule is CC(=O)Nc1ccc(C(C)=O)cc1OCC(=O)NCCSc1ccccc1. The van der Waals surface area contributed by atoms with Gasteiger partial charge in [-0.3, -0.25) is 14.4 Å². The molecule has 0 unspecified atom stereocenters. The fourth-order valence-corrected chi connectivity index (χ4v) is 3.01. The zero-order valence-electron chi connectivity index (χ0n) is 15.3. The number of amides is 2. The molecule has 2 aromatic rings.